The Hall–Kier alpha value is -3.28. The van der Waals surface area contributed by atoms with Gasteiger partial charge in [-0.2, -0.15) is 0 Å². The predicted molar refractivity (Wildman–Crippen MR) is 123 cm³/mol. The van der Waals surface area contributed by atoms with Gasteiger partial charge in [-0.25, -0.2) is 9.59 Å². The van der Waals surface area contributed by atoms with E-state index in [1.807, 2.05) is 19.9 Å². The second kappa shape index (κ2) is 11.0. The van der Waals surface area contributed by atoms with Crippen LogP contribution in [0.2, 0.25) is 19.6 Å². The Labute approximate surface area is 180 Å². The molecule has 0 fully saturated rings. The zero-order chi connectivity index (χ0) is 22.9. The molecule has 0 aliphatic carbocycles. The fourth-order valence-electron chi connectivity index (χ4n) is 2.28. The van der Waals surface area contributed by atoms with Crippen LogP contribution in [0, 0.1) is 37.7 Å². The lowest BCUT2D eigenvalue weighted by molar-refractivity contribution is 0.0592. The highest BCUT2D eigenvalue weighted by Crippen LogP contribution is 2.12. The summed E-state index contributed by atoms with van der Waals surface area (Å²) < 4.78 is 9.27. The fraction of sp³-hybridized carbons (Fsp3) is 0.280. The van der Waals surface area contributed by atoms with Crippen molar-refractivity contribution in [1.29, 1.82) is 0 Å². The normalized spacial score (nSPS) is 9.80. The van der Waals surface area contributed by atoms with Gasteiger partial charge >= 0.3 is 11.9 Å². The molecule has 2 aromatic carbocycles. The minimum Gasteiger partial charge on any atom is -0.465 e. The van der Waals surface area contributed by atoms with Crippen molar-refractivity contribution in [1.82, 2.24) is 0 Å². The molecule has 0 amide bonds. The van der Waals surface area contributed by atoms with Gasteiger partial charge in [0.2, 0.25) is 0 Å². The number of terminal acetylenes is 1. The topological polar surface area (TPSA) is 52.6 Å². The summed E-state index contributed by atoms with van der Waals surface area (Å²) >= 11 is 0. The summed E-state index contributed by atoms with van der Waals surface area (Å²) in [6.45, 7) is 10.5. The molecular formula is C25H28O4Si. The quantitative estimate of drug-likeness (QED) is 0.399. The van der Waals surface area contributed by atoms with Crippen LogP contribution in [0.3, 0.4) is 0 Å². The van der Waals surface area contributed by atoms with Gasteiger partial charge < -0.3 is 9.47 Å². The summed E-state index contributed by atoms with van der Waals surface area (Å²) in [7, 11) is 1.34. The lowest BCUT2D eigenvalue weighted by Gasteiger charge is -2.05. The number of ether oxygens (including phenoxy) is 2. The molecule has 2 aromatic rings. The Morgan fingerprint density at radius 2 is 1.27 bits per heavy atom. The van der Waals surface area contributed by atoms with Crippen LogP contribution in [0.5, 0.6) is 0 Å². The number of carbonyl (C=O) groups excluding carboxylic acids is 2. The number of rotatable bonds is 2. The monoisotopic (exact) mass is 420 g/mol. The highest BCUT2D eigenvalue weighted by atomic mass is 28.3. The summed E-state index contributed by atoms with van der Waals surface area (Å²) in [6.07, 6.45) is 5.26. The van der Waals surface area contributed by atoms with Gasteiger partial charge in [-0.3, -0.25) is 0 Å². The zero-order valence-corrected chi connectivity index (χ0v) is 19.7. The third-order valence-corrected chi connectivity index (χ3v) is 4.92. The maximum atomic E-state index is 11.4. The van der Waals surface area contributed by atoms with Gasteiger partial charge in [0.25, 0.3) is 0 Å². The molecule has 0 aromatic heterocycles. The molecule has 0 saturated carbocycles. The Kier molecular flexibility index (Phi) is 9.11. The smallest absolute Gasteiger partial charge is 0.337 e. The molecule has 30 heavy (non-hydrogen) atoms. The number of hydrogen-bond acceptors (Lipinski definition) is 4. The number of carbonyl (C=O) groups is 2. The highest BCUT2D eigenvalue weighted by Gasteiger charge is 2.10. The minimum absolute atomic E-state index is 0.318. The van der Waals surface area contributed by atoms with Crippen molar-refractivity contribution in [3.8, 4) is 23.8 Å². The molecule has 0 bridgehead atoms. The first-order chi connectivity index (χ1) is 14.0. The lowest BCUT2D eigenvalue weighted by atomic mass is 10.1. The Morgan fingerprint density at radius 3 is 1.67 bits per heavy atom. The molecule has 0 aliphatic heterocycles. The van der Waals surface area contributed by atoms with E-state index in [9.17, 15) is 9.59 Å². The summed E-state index contributed by atoms with van der Waals surface area (Å²) in [5, 5.41) is 0. The van der Waals surface area contributed by atoms with Crippen LogP contribution in [0.25, 0.3) is 0 Å². The number of hydrogen-bond donors (Lipinski definition) is 0. The number of aryl methyl sites for hydroxylation is 2. The zero-order valence-electron chi connectivity index (χ0n) is 18.7. The van der Waals surface area contributed by atoms with Crippen LogP contribution in [0.4, 0.5) is 0 Å². The lowest BCUT2D eigenvalue weighted by Crippen LogP contribution is -2.16. The number of methoxy groups -OCH3 is 2. The first-order valence-electron chi connectivity index (χ1n) is 9.40. The molecule has 0 saturated heterocycles. The van der Waals surface area contributed by atoms with Crippen molar-refractivity contribution in [3.63, 3.8) is 0 Å². The van der Waals surface area contributed by atoms with Crippen LogP contribution in [0.1, 0.15) is 43.0 Å². The van der Waals surface area contributed by atoms with E-state index in [4.69, 9.17) is 11.2 Å². The largest absolute Gasteiger partial charge is 0.465 e. The maximum absolute atomic E-state index is 11.4. The summed E-state index contributed by atoms with van der Waals surface area (Å²) in [6, 6.07) is 10.6. The Bertz CT molecular complexity index is 1030. The van der Waals surface area contributed by atoms with E-state index in [-0.39, 0.29) is 11.9 Å². The first kappa shape index (κ1) is 24.8. The molecule has 0 radical (unpaired) electrons. The average Bonchev–Trinajstić information content (AvgIpc) is 2.72. The molecule has 0 unspecified atom stereocenters. The van der Waals surface area contributed by atoms with Crippen molar-refractivity contribution >= 4 is 20.0 Å². The molecule has 5 heteroatoms. The number of esters is 2. The summed E-state index contributed by atoms with van der Waals surface area (Å²) in [4.78, 5) is 22.5. The van der Waals surface area contributed by atoms with Crippen molar-refractivity contribution in [2.75, 3.05) is 14.2 Å². The molecule has 2 rings (SSSR count). The highest BCUT2D eigenvalue weighted by molar-refractivity contribution is 6.83. The average molecular weight is 421 g/mol. The van der Waals surface area contributed by atoms with Crippen molar-refractivity contribution < 1.29 is 19.1 Å². The molecule has 0 spiro atoms. The molecular weight excluding hydrogens is 392 g/mol. The predicted octanol–water partition coefficient (Wildman–Crippen LogP) is 4.77. The van der Waals surface area contributed by atoms with E-state index in [0.717, 1.165) is 22.3 Å². The summed E-state index contributed by atoms with van der Waals surface area (Å²) in [5.74, 6) is 5.00. The van der Waals surface area contributed by atoms with Gasteiger partial charge in [0.05, 0.1) is 25.3 Å². The van der Waals surface area contributed by atoms with Crippen LogP contribution in [0.15, 0.2) is 36.4 Å². The van der Waals surface area contributed by atoms with E-state index in [1.165, 1.54) is 14.2 Å². The minimum atomic E-state index is -1.39. The fourth-order valence-corrected chi connectivity index (χ4v) is 2.79. The van der Waals surface area contributed by atoms with Gasteiger partial charge in [0, 0.05) is 11.1 Å². The third kappa shape index (κ3) is 7.62. The van der Waals surface area contributed by atoms with Crippen LogP contribution < -0.4 is 0 Å². The SMILES string of the molecule is C#Cc1cc(C(=O)OC)ccc1C.COC(=O)c1ccc(C)c(C#C[Si](C)(C)C)c1. The van der Waals surface area contributed by atoms with Crippen molar-refractivity contribution in [2.45, 2.75) is 33.5 Å². The van der Waals surface area contributed by atoms with E-state index >= 15 is 0 Å². The van der Waals surface area contributed by atoms with Gasteiger partial charge in [0.1, 0.15) is 8.07 Å². The first-order valence-corrected chi connectivity index (χ1v) is 12.9. The van der Waals surface area contributed by atoms with Gasteiger partial charge in [-0.05, 0) is 49.2 Å². The van der Waals surface area contributed by atoms with Crippen LogP contribution in [-0.4, -0.2) is 34.2 Å². The van der Waals surface area contributed by atoms with E-state index < -0.39 is 8.07 Å². The second-order valence-electron chi connectivity index (χ2n) is 7.69. The molecule has 0 atom stereocenters. The summed E-state index contributed by atoms with van der Waals surface area (Å²) in [5.41, 5.74) is 8.05. The molecule has 0 heterocycles. The van der Waals surface area contributed by atoms with E-state index in [0.29, 0.717) is 11.1 Å². The van der Waals surface area contributed by atoms with Gasteiger partial charge in [-0.1, -0.05) is 43.6 Å². The van der Waals surface area contributed by atoms with Crippen LogP contribution >= 0.6 is 0 Å². The second-order valence-corrected chi connectivity index (χ2v) is 12.4. The Balaban J connectivity index is 0.000000311. The van der Waals surface area contributed by atoms with Gasteiger partial charge in [-0.15, -0.1) is 12.0 Å². The maximum Gasteiger partial charge on any atom is 0.337 e. The third-order valence-electron chi connectivity index (χ3n) is 4.05. The molecule has 0 aliphatic rings. The molecule has 4 nitrogen and oxygen atoms in total. The van der Waals surface area contributed by atoms with Crippen molar-refractivity contribution in [3.05, 3.63) is 69.8 Å². The van der Waals surface area contributed by atoms with Crippen LogP contribution in [-0.2, 0) is 9.47 Å². The van der Waals surface area contributed by atoms with E-state index in [2.05, 4.69) is 41.8 Å². The molecule has 156 valence electrons. The molecule has 0 N–H and O–H groups in total. The standard InChI is InChI=1S/C14H18O2Si.C11H10O2/c1-11-6-7-13(14(15)16-2)10-12(11)8-9-17(3,4)5;1-4-9-7-10(11(12)13-3)6-5-8(9)2/h6-7,10H,1-5H3;1,5-7H,2-3H3. The number of benzene rings is 2. The van der Waals surface area contributed by atoms with Crippen molar-refractivity contribution in [2.24, 2.45) is 0 Å². The van der Waals surface area contributed by atoms with E-state index in [1.54, 1.807) is 30.3 Å². The van der Waals surface area contributed by atoms with Gasteiger partial charge in [0.15, 0.2) is 0 Å². The Morgan fingerprint density at radius 1 is 0.833 bits per heavy atom.